The molecule has 2 aromatic heterocycles. The highest BCUT2D eigenvalue weighted by atomic mass is 32.2. The van der Waals surface area contributed by atoms with Crippen molar-refractivity contribution in [1.82, 2.24) is 19.2 Å². The third kappa shape index (κ3) is 3.61. The number of benzene rings is 2. The molecule has 7 nitrogen and oxygen atoms in total. The Labute approximate surface area is 177 Å². The Kier molecular flexibility index (Phi) is 5.41. The van der Waals surface area contributed by atoms with Crippen LogP contribution < -0.4 is 10.9 Å². The average molecular weight is 420 g/mol. The van der Waals surface area contributed by atoms with E-state index in [1.54, 1.807) is 12.1 Å². The second-order valence-corrected chi connectivity index (χ2v) is 8.27. The first-order valence-corrected chi connectivity index (χ1v) is 10.4. The van der Waals surface area contributed by atoms with Crippen molar-refractivity contribution in [2.24, 2.45) is 0 Å². The van der Waals surface area contributed by atoms with Crippen LogP contribution in [-0.4, -0.2) is 30.3 Å². The maximum Gasteiger partial charge on any atom is 0.263 e. The molecule has 4 rings (SSSR count). The zero-order valence-corrected chi connectivity index (χ0v) is 17.5. The minimum absolute atomic E-state index is 0.133. The van der Waals surface area contributed by atoms with Gasteiger partial charge in [-0.3, -0.25) is 18.6 Å². The van der Waals surface area contributed by atoms with Gasteiger partial charge in [0.15, 0.2) is 5.16 Å². The van der Waals surface area contributed by atoms with Crippen LogP contribution in [0.2, 0.25) is 0 Å². The summed E-state index contributed by atoms with van der Waals surface area (Å²) in [5.41, 5.74) is 2.39. The van der Waals surface area contributed by atoms with Gasteiger partial charge >= 0.3 is 0 Å². The summed E-state index contributed by atoms with van der Waals surface area (Å²) in [6.07, 6.45) is 1.65. The number of hydrogen-bond donors (Lipinski definition) is 1. The molecule has 2 heterocycles. The highest BCUT2D eigenvalue weighted by molar-refractivity contribution is 8.00. The van der Waals surface area contributed by atoms with Gasteiger partial charge in [0.2, 0.25) is 11.7 Å². The van der Waals surface area contributed by atoms with Crippen molar-refractivity contribution >= 4 is 40.0 Å². The molecule has 8 heteroatoms. The second-order valence-electron chi connectivity index (χ2n) is 6.96. The SMILES string of the molecule is C=CCn1c(=O)c2ccccc2n2c(SC(C)C(=O)Nc3cccc(C)c3)nnc12. The molecule has 0 spiro atoms. The number of aryl methyl sites for hydroxylation is 1. The zero-order valence-electron chi connectivity index (χ0n) is 16.7. The molecule has 1 unspecified atom stereocenters. The van der Waals surface area contributed by atoms with Gasteiger partial charge in [-0.1, -0.05) is 42.1 Å². The Morgan fingerprint density at radius 2 is 2.03 bits per heavy atom. The molecule has 4 aromatic rings. The fraction of sp³-hybridized carbons (Fsp3) is 0.182. The Balaban J connectivity index is 1.72. The maximum atomic E-state index is 12.9. The van der Waals surface area contributed by atoms with E-state index >= 15 is 0 Å². The van der Waals surface area contributed by atoms with E-state index in [1.165, 1.54) is 16.3 Å². The summed E-state index contributed by atoms with van der Waals surface area (Å²) in [6.45, 7) is 7.85. The van der Waals surface area contributed by atoms with Crippen molar-refractivity contribution in [3.63, 3.8) is 0 Å². The van der Waals surface area contributed by atoms with Crippen molar-refractivity contribution in [2.45, 2.75) is 30.8 Å². The lowest BCUT2D eigenvalue weighted by Crippen LogP contribution is -2.24. The average Bonchev–Trinajstić information content (AvgIpc) is 3.14. The van der Waals surface area contributed by atoms with Gasteiger partial charge in [0.1, 0.15) is 0 Å². The smallest absolute Gasteiger partial charge is 0.263 e. The lowest BCUT2D eigenvalue weighted by Gasteiger charge is -2.13. The molecular weight excluding hydrogens is 398 g/mol. The summed E-state index contributed by atoms with van der Waals surface area (Å²) in [5, 5.41) is 12.1. The minimum atomic E-state index is -0.420. The van der Waals surface area contributed by atoms with E-state index < -0.39 is 5.25 Å². The summed E-state index contributed by atoms with van der Waals surface area (Å²) >= 11 is 1.29. The highest BCUT2D eigenvalue weighted by Crippen LogP contribution is 2.26. The van der Waals surface area contributed by atoms with Gasteiger partial charge < -0.3 is 5.32 Å². The number of thioether (sulfide) groups is 1. The van der Waals surface area contributed by atoms with Gasteiger partial charge in [-0.25, -0.2) is 0 Å². The van der Waals surface area contributed by atoms with Crippen LogP contribution in [0.1, 0.15) is 12.5 Å². The molecule has 0 aliphatic carbocycles. The van der Waals surface area contributed by atoms with Crippen LogP contribution in [0.15, 0.2) is 71.1 Å². The largest absolute Gasteiger partial charge is 0.325 e. The third-order valence-corrected chi connectivity index (χ3v) is 5.77. The first-order valence-electron chi connectivity index (χ1n) is 9.51. The van der Waals surface area contributed by atoms with Gasteiger partial charge in [0.25, 0.3) is 5.56 Å². The van der Waals surface area contributed by atoms with E-state index in [0.29, 0.717) is 28.4 Å². The molecule has 152 valence electrons. The molecule has 0 aliphatic heterocycles. The number of carbonyl (C=O) groups is 1. The lowest BCUT2D eigenvalue weighted by molar-refractivity contribution is -0.115. The molecule has 1 N–H and O–H groups in total. The molecule has 0 saturated carbocycles. The second kappa shape index (κ2) is 8.16. The Bertz CT molecular complexity index is 1320. The number of aromatic nitrogens is 4. The number of amides is 1. The monoisotopic (exact) mass is 419 g/mol. The Hall–Kier alpha value is -3.39. The van der Waals surface area contributed by atoms with Crippen LogP contribution in [0.25, 0.3) is 16.7 Å². The van der Waals surface area contributed by atoms with Crippen LogP contribution in [0.3, 0.4) is 0 Å². The van der Waals surface area contributed by atoms with E-state index in [0.717, 1.165) is 11.3 Å². The predicted octanol–water partition coefficient (Wildman–Crippen LogP) is 3.66. The summed E-state index contributed by atoms with van der Waals surface area (Å²) in [5.74, 6) is 0.290. The standard InChI is InChI=1S/C22H21N5O2S/c1-4-12-26-20(29)17-10-5-6-11-18(17)27-21(26)24-25-22(27)30-15(3)19(28)23-16-9-7-8-14(2)13-16/h4-11,13,15H,1,12H2,2-3H3,(H,23,28). The first-order chi connectivity index (χ1) is 14.5. The van der Waals surface area contributed by atoms with Crippen LogP contribution >= 0.6 is 11.8 Å². The number of rotatable bonds is 6. The van der Waals surface area contributed by atoms with E-state index in [4.69, 9.17) is 0 Å². The van der Waals surface area contributed by atoms with Gasteiger partial charge in [0, 0.05) is 12.2 Å². The number of carbonyl (C=O) groups excluding carboxylic acids is 1. The highest BCUT2D eigenvalue weighted by Gasteiger charge is 2.21. The van der Waals surface area contributed by atoms with Gasteiger partial charge in [-0.15, -0.1) is 16.8 Å². The summed E-state index contributed by atoms with van der Waals surface area (Å²) in [7, 11) is 0. The van der Waals surface area contributed by atoms with Crippen LogP contribution in [-0.2, 0) is 11.3 Å². The first kappa shape index (κ1) is 19.9. The molecule has 2 aromatic carbocycles. The molecule has 0 radical (unpaired) electrons. The van der Waals surface area contributed by atoms with Gasteiger partial charge in [-0.2, -0.15) is 0 Å². The Morgan fingerprint density at radius 3 is 2.80 bits per heavy atom. The minimum Gasteiger partial charge on any atom is -0.325 e. The molecule has 0 fully saturated rings. The number of anilines is 1. The van der Waals surface area contributed by atoms with Crippen molar-refractivity contribution in [1.29, 1.82) is 0 Å². The number of nitrogens with one attached hydrogen (secondary N) is 1. The van der Waals surface area contributed by atoms with Crippen LogP contribution in [0, 0.1) is 6.92 Å². The molecule has 1 amide bonds. The molecule has 0 bridgehead atoms. The predicted molar refractivity (Wildman–Crippen MR) is 120 cm³/mol. The topological polar surface area (TPSA) is 81.3 Å². The van der Waals surface area contributed by atoms with E-state index in [-0.39, 0.29) is 11.5 Å². The van der Waals surface area contributed by atoms with Gasteiger partial charge in [0.05, 0.1) is 16.2 Å². The van der Waals surface area contributed by atoms with Crippen molar-refractivity contribution in [3.8, 4) is 0 Å². The van der Waals surface area contributed by atoms with Crippen molar-refractivity contribution < 1.29 is 4.79 Å². The zero-order chi connectivity index (χ0) is 21.3. The number of allylic oxidation sites excluding steroid dienone is 1. The van der Waals surface area contributed by atoms with E-state index in [2.05, 4.69) is 22.1 Å². The fourth-order valence-corrected chi connectivity index (χ4v) is 4.14. The normalized spacial score (nSPS) is 12.2. The van der Waals surface area contributed by atoms with Crippen molar-refractivity contribution in [2.75, 3.05) is 5.32 Å². The summed E-state index contributed by atoms with van der Waals surface area (Å²) in [4.78, 5) is 25.6. The summed E-state index contributed by atoms with van der Waals surface area (Å²) in [6, 6.07) is 15.0. The number of nitrogens with zero attached hydrogens (tertiary/aromatic N) is 4. The molecule has 0 aliphatic rings. The third-order valence-electron chi connectivity index (χ3n) is 4.73. The number of hydrogen-bond acceptors (Lipinski definition) is 5. The van der Waals surface area contributed by atoms with Crippen LogP contribution in [0.4, 0.5) is 5.69 Å². The number of fused-ring (bicyclic) bond motifs is 3. The molecule has 30 heavy (non-hydrogen) atoms. The molecule has 1 atom stereocenters. The lowest BCUT2D eigenvalue weighted by atomic mass is 10.2. The maximum absolute atomic E-state index is 12.9. The van der Waals surface area contributed by atoms with Crippen molar-refractivity contribution in [3.05, 3.63) is 77.1 Å². The van der Waals surface area contributed by atoms with E-state index in [9.17, 15) is 9.59 Å². The fourth-order valence-electron chi connectivity index (χ4n) is 3.28. The quantitative estimate of drug-likeness (QED) is 0.381. The van der Waals surface area contributed by atoms with Gasteiger partial charge in [-0.05, 0) is 43.7 Å². The number of para-hydroxylation sites is 1. The molecule has 0 saturated heterocycles. The van der Waals surface area contributed by atoms with E-state index in [1.807, 2.05) is 60.7 Å². The van der Waals surface area contributed by atoms with Crippen LogP contribution in [0.5, 0.6) is 0 Å². The Morgan fingerprint density at radius 1 is 1.23 bits per heavy atom. The molecular formula is C22H21N5O2S. The summed E-state index contributed by atoms with van der Waals surface area (Å²) < 4.78 is 3.35.